The van der Waals surface area contributed by atoms with Crippen molar-refractivity contribution in [1.82, 2.24) is 29.6 Å². The van der Waals surface area contributed by atoms with Crippen molar-refractivity contribution < 1.29 is 0 Å². The summed E-state index contributed by atoms with van der Waals surface area (Å²) >= 11 is 13.7. The molecule has 0 saturated heterocycles. The summed E-state index contributed by atoms with van der Waals surface area (Å²) in [6.45, 7) is 0. The van der Waals surface area contributed by atoms with Gasteiger partial charge in [-0.25, -0.2) is 0 Å². The summed E-state index contributed by atoms with van der Waals surface area (Å²) in [6, 6.07) is 9.07. The summed E-state index contributed by atoms with van der Waals surface area (Å²) in [5.74, 6) is 0.637. The molecule has 0 fully saturated rings. The SMILES string of the molecule is Cn1cc(-c2nnc3ccc(Sc4cc(Cl)ccc4Cl)nn23)cn1. The van der Waals surface area contributed by atoms with Gasteiger partial charge in [0.15, 0.2) is 11.5 Å². The summed E-state index contributed by atoms with van der Waals surface area (Å²) in [4.78, 5) is 0.840. The van der Waals surface area contributed by atoms with Crippen molar-refractivity contribution >= 4 is 40.6 Å². The smallest absolute Gasteiger partial charge is 0.188 e. The van der Waals surface area contributed by atoms with Crippen molar-refractivity contribution in [2.24, 2.45) is 7.05 Å². The highest BCUT2D eigenvalue weighted by molar-refractivity contribution is 7.99. The van der Waals surface area contributed by atoms with E-state index in [1.165, 1.54) is 11.8 Å². The van der Waals surface area contributed by atoms with Crippen molar-refractivity contribution in [3.05, 3.63) is 52.8 Å². The Morgan fingerprint density at radius 2 is 1.96 bits per heavy atom. The van der Waals surface area contributed by atoms with Crippen LogP contribution in [0.2, 0.25) is 10.0 Å². The zero-order valence-electron chi connectivity index (χ0n) is 12.4. The van der Waals surface area contributed by atoms with E-state index < -0.39 is 0 Å². The average Bonchev–Trinajstić information content (AvgIpc) is 3.16. The molecule has 3 aromatic heterocycles. The Hall–Kier alpha value is -2.09. The van der Waals surface area contributed by atoms with Crippen LogP contribution in [-0.2, 0) is 7.05 Å². The number of fused-ring (bicyclic) bond motifs is 1. The van der Waals surface area contributed by atoms with Crippen molar-refractivity contribution in [2.45, 2.75) is 9.92 Å². The van der Waals surface area contributed by atoms with Gasteiger partial charge in [-0.1, -0.05) is 35.0 Å². The van der Waals surface area contributed by atoms with E-state index in [9.17, 15) is 0 Å². The maximum atomic E-state index is 6.22. The Morgan fingerprint density at radius 3 is 2.75 bits per heavy atom. The summed E-state index contributed by atoms with van der Waals surface area (Å²) in [5.41, 5.74) is 1.51. The Morgan fingerprint density at radius 1 is 1.08 bits per heavy atom. The van der Waals surface area contributed by atoms with E-state index in [0.29, 0.717) is 21.5 Å². The molecule has 1 aromatic carbocycles. The lowest BCUT2D eigenvalue weighted by Gasteiger charge is -2.05. The third kappa shape index (κ3) is 2.86. The van der Waals surface area contributed by atoms with E-state index in [2.05, 4.69) is 20.4 Å². The lowest BCUT2D eigenvalue weighted by Crippen LogP contribution is -1.96. The molecule has 0 atom stereocenters. The van der Waals surface area contributed by atoms with E-state index in [0.717, 1.165) is 15.5 Å². The number of benzene rings is 1. The minimum absolute atomic E-state index is 0.627. The van der Waals surface area contributed by atoms with E-state index in [4.69, 9.17) is 23.2 Å². The third-order valence-electron chi connectivity index (χ3n) is 3.31. The Bertz CT molecular complexity index is 1040. The van der Waals surface area contributed by atoms with Crippen molar-refractivity contribution in [3.63, 3.8) is 0 Å². The molecule has 0 unspecified atom stereocenters. The van der Waals surface area contributed by atoms with Crippen LogP contribution in [0.3, 0.4) is 0 Å². The number of rotatable bonds is 3. The molecule has 6 nitrogen and oxygen atoms in total. The van der Waals surface area contributed by atoms with Gasteiger partial charge in [0.25, 0.3) is 0 Å². The predicted octanol–water partition coefficient (Wildman–Crippen LogP) is 3.98. The molecule has 120 valence electrons. The van der Waals surface area contributed by atoms with Gasteiger partial charge in [-0.05, 0) is 30.3 Å². The van der Waals surface area contributed by atoms with Gasteiger partial charge < -0.3 is 0 Å². The molecule has 0 aliphatic heterocycles. The van der Waals surface area contributed by atoms with Crippen molar-refractivity contribution in [3.8, 4) is 11.4 Å². The minimum Gasteiger partial charge on any atom is -0.275 e. The number of hydrogen-bond donors (Lipinski definition) is 0. The summed E-state index contributed by atoms with van der Waals surface area (Å²) in [7, 11) is 1.85. The van der Waals surface area contributed by atoms with Crippen LogP contribution in [0, 0.1) is 0 Å². The first-order valence-corrected chi connectivity index (χ1v) is 8.52. The van der Waals surface area contributed by atoms with Gasteiger partial charge in [0.05, 0.1) is 16.8 Å². The Balaban J connectivity index is 1.76. The van der Waals surface area contributed by atoms with Crippen molar-refractivity contribution in [1.29, 1.82) is 0 Å². The predicted molar refractivity (Wildman–Crippen MR) is 93.6 cm³/mol. The fourth-order valence-corrected chi connectivity index (χ4v) is 3.52. The highest BCUT2D eigenvalue weighted by Crippen LogP contribution is 2.34. The molecule has 0 bridgehead atoms. The van der Waals surface area contributed by atoms with Gasteiger partial charge in [0.2, 0.25) is 0 Å². The highest BCUT2D eigenvalue weighted by atomic mass is 35.5. The number of aryl methyl sites for hydroxylation is 1. The van der Waals surface area contributed by atoms with Crippen LogP contribution in [0.1, 0.15) is 0 Å². The Labute approximate surface area is 151 Å². The van der Waals surface area contributed by atoms with Crippen LogP contribution in [0.15, 0.2) is 52.6 Å². The second-order valence-corrected chi connectivity index (χ2v) is 6.95. The number of aromatic nitrogens is 6. The van der Waals surface area contributed by atoms with E-state index >= 15 is 0 Å². The average molecular weight is 377 g/mol. The first-order valence-electron chi connectivity index (χ1n) is 6.94. The standard InChI is InChI=1S/C15H10Cl2N6S/c1-22-8-9(7-18-22)15-20-19-13-4-5-14(21-23(13)15)24-12-6-10(16)2-3-11(12)17/h2-8H,1H3. The van der Waals surface area contributed by atoms with Crippen molar-refractivity contribution in [2.75, 3.05) is 0 Å². The molecular weight excluding hydrogens is 367 g/mol. The topological polar surface area (TPSA) is 60.9 Å². The molecule has 0 N–H and O–H groups in total. The second kappa shape index (κ2) is 6.08. The summed E-state index contributed by atoms with van der Waals surface area (Å²) in [6.07, 6.45) is 3.59. The lowest BCUT2D eigenvalue weighted by molar-refractivity contribution is 0.767. The maximum Gasteiger partial charge on any atom is 0.188 e. The van der Waals surface area contributed by atoms with Gasteiger partial charge in [0, 0.05) is 23.2 Å². The van der Waals surface area contributed by atoms with Gasteiger partial charge >= 0.3 is 0 Å². The number of hydrogen-bond acceptors (Lipinski definition) is 5. The first kappa shape index (κ1) is 15.4. The lowest BCUT2D eigenvalue weighted by atomic mass is 10.3. The molecule has 9 heteroatoms. The minimum atomic E-state index is 0.627. The maximum absolute atomic E-state index is 6.22. The zero-order valence-corrected chi connectivity index (χ0v) is 14.7. The highest BCUT2D eigenvalue weighted by Gasteiger charge is 2.13. The molecule has 0 saturated carbocycles. The quantitative estimate of drug-likeness (QED) is 0.541. The van der Waals surface area contributed by atoms with Crippen LogP contribution < -0.4 is 0 Å². The van der Waals surface area contributed by atoms with Crippen LogP contribution in [0.25, 0.3) is 17.0 Å². The molecule has 0 spiro atoms. The zero-order chi connectivity index (χ0) is 16.7. The van der Waals surface area contributed by atoms with Crippen LogP contribution in [-0.4, -0.2) is 29.6 Å². The van der Waals surface area contributed by atoms with E-state index in [1.54, 1.807) is 27.5 Å². The fourth-order valence-electron chi connectivity index (χ4n) is 2.21. The molecule has 4 rings (SSSR count). The van der Waals surface area contributed by atoms with Gasteiger partial charge in [-0.3, -0.25) is 4.68 Å². The Kier molecular flexibility index (Phi) is 3.91. The molecule has 0 aliphatic carbocycles. The number of nitrogens with zero attached hydrogens (tertiary/aromatic N) is 6. The first-order chi connectivity index (χ1) is 11.6. The van der Waals surface area contributed by atoms with Gasteiger partial charge in [-0.2, -0.15) is 14.7 Å². The summed E-state index contributed by atoms with van der Waals surface area (Å²) in [5, 5.41) is 19.1. The molecule has 3 heterocycles. The third-order valence-corrected chi connectivity index (χ3v) is 4.97. The van der Waals surface area contributed by atoms with Crippen LogP contribution in [0.4, 0.5) is 0 Å². The van der Waals surface area contributed by atoms with Crippen LogP contribution >= 0.6 is 35.0 Å². The molecule has 0 aliphatic rings. The van der Waals surface area contributed by atoms with E-state index in [1.807, 2.05) is 31.4 Å². The molecule has 24 heavy (non-hydrogen) atoms. The molecule has 0 amide bonds. The second-order valence-electron chi connectivity index (χ2n) is 5.04. The monoisotopic (exact) mass is 376 g/mol. The molecule has 4 aromatic rings. The molecular formula is C15H10Cl2N6S. The van der Waals surface area contributed by atoms with Gasteiger partial charge in [-0.15, -0.1) is 10.2 Å². The molecule has 0 radical (unpaired) electrons. The van der Waals surface area contributed by atoms with E-state index in [-0.39, 0.29) is 0 Å². The summed E-state index contributed by atoms with van der Waals surface area (Å²) < 4.78 is 3.40. The normalized spacial score (nSPS) is 11.3. The largest absolute Gasteiger partial charge is 0.275 e. The van der Waals surface area contributed by atoms with Crippen LogP contribution in [0.5, 0.6) is 0 Å². The fraction of sp³-hybridized carbons (Fsp3) is 0.0667. The number of halogens is 2. The van der Waals surface area contributed by atoms with Gasteiger partial charge in [0.1, 0.15) is 5.03 Å².